The molecule has 0 radical (unpaired) electrons. The summed E-state index contributed by atoms with van der Waals surface area (Å²) in [4.78, 5) is 36.1. The van der Waals surface area contributed by atoms with Crippen LogP contribution in [0.25, 0.3) is 0 Å². The van der Waals surface area contributed by atoms with Gasteiger partial charge in [0.1, 0.15) is 5.69 Å². The Hall–Kier alpha value is -3.77. The highest BCUT2D eigenvalue weighted by molar-refractivity contribution is 5.91. The quantitative estimate of drug-likeness (QED) is 0.324. The first-order chi connectivity index (χ1) is 15.6. The monoisotopic (exact) mass is 469 g/mol. The zero-order chi connectivity index (χ0) is 24.0. The number of anilines is 1. The lowest BCUT2D eigenvalue weighted by Gasteiger charge is -2.31. The van der Waals surface area contributed by atoms with Crippen LogP contribution in [0, 0.1) is 10.1 Å². The van der Waals surface area contributed by atoms with E-state index in [1.165, 1.54) is 6.26 Å². The molecule has 1 fully saturated rings. The van der Waals surface area contributed by atoms with Crippen molar-refractivity contribution in [2.45, 2.75) is 25.1 Å². The molecular weight excluding hydrogens is 447 g/mol. The average Bonchev–Trinajstić information content (AvgIpc) is 3.31. The molecule has 2 heterocycles. The van der Waals surface area contributed by atoms with Crippen LogP contribution < -0.4 is 16.0 Å². The maximum absolute atomic E-state index is 12.8. The van der Waals surface area contributed by atoms with E-state index in [9.17, 15) is 32.9 Å². The Bertz CT molecular complexity index is 988. The SMILES string of the molecule is O=C(NCCNc1ccc(C(F)(F)F)cc1[N+](=O)[O-])NC1CCN(C(=O)c2ccco2)CC1. The third kappa shape index (κ3) is 6.37. The molecule has 2 aromatic rings. The Kier molecular flexibility index (Phi) is 7.41. The minimum absolute atomic E-state index is 0.0652. The van der Waals surface area contributed by atoms with Gasteiger partial charge in [0.2, 0.25) is 0 Å². The Balaban J connectivity index is 1.40. The van der Waals surface area contributed by atoms with Gasteiger partial charge in [-0.2, -0.15) is 13.2 Å². The molecule has 0 spiro atoms. The van der Waals surface area contributed by atoms with Crippen molar-refractivity contribution >= 4 is 23.3 Å². The number of carbonyl (C=O) groups excluding carboxylic acids is 2. The summed E-state index contributed by atoms with van der Waals surface area (Å²) in [5, 5.41) is 19.1. The van der Waals surface area contributed by atoms with Crippen molar-refractivity contribution in [2.75, 3.05) is 31.5 Å². The fourth-order valence-electron chi connectivity index (χ4n) is 3.40. The molecule has 0 aliphatic carbocycles. The van der Waals surface area contributed by atoms with Crippen LogP contribution in [0.5, 0.6) is 0 Å². The van der Waals surface area contributed by atoms with E-state index in [0.29, 0.717) is 32.0 Å². The van der Waals surface area contributed by atoms with E-state index in [0.717, 1.165) is 12.1 Å². The number of nitro benzene ring substituents is 1. The molecule has 1 aliphatic rings. The molecule has 0 bridgehead atoms. The van der Waals surface area contributed by atoms with Crippen LogP contribution in [0.15, 0.2) is 41.0 Å². The number of furan rings is 1. The Morgan fingerprint density at radius 2 is 1.91 bits per heavy atom. The van der Waals surface area contributed by atoms with Gasteiger partial charge in [-0.05, 0) is 37.1 Å². The van der Waals surface area contributed by atoms with Crippen molar-refractivity contribution in [2.24, 2.45) is 0 Å². The number of halogens is 3. The second-order valence-electron chi connectivity index (χ2n) is 7.36. The molecule has 1 saturated heterocycles. The number of urea groups is 1. The average molecular weight is 469 g/mol. The number of hydrogen-bond acceptors (Lipinski definition) is 6. The number of piperidine rings is 1. The molecule has 178 valence electrons. The van der Waals surface area contributed by atoms with Crippen molar-refractivity contribution < 1.29 is 32.1 Å². The Labute approximate surface area is 186 Å². The van der Waals surface area contributed by atoms with Gasteiger partial charge in [0.15, 0.2) is 5.76 Å². The van der Waals surface area contributed by atoms with Crippen molar-refractivity contribution in [1.29, 1.82) is 0 Å². The van der Waals surface area contributed by atoms with Gasteiger partial charge in [-0.1, -0.05) is 0 Å². The second-order valence-corrected chi connectivity index (χ2v) is 7.36. The topological polar surface area (TPSA) is 130 Å². The summed E-state index contributed by atoms with van der Waals surface area (Å²) >= 11 is 0. The first-order valence-electron chi connectivity index (χ1n) is 10.1. The summed E-state index contributed by atoms with van der Waals surface area (Å²) in [7, 11) is 0. The number of likely N-dealkylation sites (tertiary alicyclic amines) is 1. The molecule has 1 aromatic carbocycles. The van der Waals surface area contributed by atoms with E-state index in [-0.39, 0.29) is 36.5 Å². The number of benzene rings is 1. The van der Waals surface area contributed by atoms with Gasteiger partial charge < -0.3 is 25.3 Å². The van der Waals surface area contributed by atoms with E-state index in [1.807, 2.05) is 0 Å². The first-order valence-corrected chi connectivity index (χ1v) is 10.1. The molecule has 3 rings (SSSR count). The maximum Gasteiger partial charge on any atom is 0.416 e. The van der Waals surface area contributed by atoms with Crippen LogP contribution in [0.4, 0.5) is 29.3 Å². The highest BCUT2D eigenvalue weighted by Crippen LogP contribution is 2.34. The van der Waals surface area contributed by atoms with Crippen LogP contribution >= 0.6 is 0 Å². The van der Waals surface area contributed by atoms with Crippen LogP contribution in [0.3, 0.4) is 0 Å². The van der Waals surface area contributed by atoms with Crippen LogP contribution in [0.1, 0.15) is 29.0 Å². The van der Waals surface area contributed by atoms with Crippen molar-refractivity contribution in [3.05, 3.63) is 58.0 Å². The van der Waals surface area contributed by atoms with Gasteiger partial charge in [0, 0.05) is 38.3 Å². The van der Waals surface area contributed by atoms with Crippen molar-refractivity contribution in [3.63, 3.8) is 0 Å². The first kappa shape index (κ1) is 23.9. The van der Waals surface area contributed by atoms with Crippen LogP contribution in [-0.4, -0.2) is 54.0 Å². The molecule has 1 aliphatic heterocycles. The highest BCUT2D eigenvalue weighted by Gasteiger charge is 2.33. The molecule has 10 nitrogen and oxygen atoms in total. The predicted molar refractivity (Wildman–Crippen MR) is 111 cm³/mol. The zero-order valence-corrected chi connectivity index (χ0v) is 17.4. The summed E-state index contributed by atoms with van der Waals surface area (Å²) in [6, 6.07) is 4.84. The third-order valence-corrected chi connectivity index (χ3v) is 5.10. The number of nitro groups is 1. The number of rotatable bonds is 7. The lowest BCUT2D eigenvalue weighted by molar-refractivity contribution is -0.384. The largest absolute Gasteiger partial charge is 0.459 e. The van der Waals surface area contributed by atoms with Gasteiger partial charge in [-0.15, -0.1) is 0 Å². The summed E-state index contributed by atoms with van der Waals surface area (Å²) in [6.45, 7) is 1.07. The van der Waals surface area contributed by atoms with Gasteiger partial charge in [0.05, 0.1) is 16.7 Å². The normalized spacial score (nSPS) is 14.6. The van der Waals surface area contributed by atoms with Crippen molar-refractivity contribution in [1.82, 2.24) is 15.5 Å². The van der Waals surface area contributed by atoms with Crippen molar-refractivity contribution in [3.8, 4) is 0 Å². The van der Waals surface area contributed by atoms with Crippen LogP contribution in [-0.2, 0) is 6.18 Å². The maximum atomic E-state index is 12.8. The zero-order valence-electron chi connectivity index (χ0n) is 17.4. The molecule has 0 atom stereocenters. The van der Waals surface area contributed by atoms with Gasteiger partial charge in [-0.3, -0.25) is 14.9 Å². The summed E-state index contributed by atoms with van der Waals surface area (Å²) < 4.78 is 43.4. The molecule has 1 aromatic heterocycles. The fourth-order valence-corrected chi connectivity index (χ4v) is 3.40. The molecule has 3 amide bonds. The number of carbonyl (C=O) groups is 2. The summed E-state index contributed by atoms with van der Waals surface area (Å²) in [5.41, 5.74) is -1.90. The second kappa shape index (κ2) is 10.2. The fraction of sp³-hybridized carbons (Fsp3) is 0.400. The number of nitrogens with one attached hydrogen (secondary N) is 3. The highest BCUT2D eigenvalue weighted by atomic mass is 19.4. The lowest BCUT2D eigenvalue weighted by Crippen LogP contribution is -2.49. The van der Waals surface area contributed by atoms with Crippen LogP contribution in [0.2, 0.25) is 0 Å². The summed E-state index contributed by atoms with van der Waals surface area (Å²) in [5.74, 6) is 0.0614. The van der Waals surface area contributed by atoms with E-state index in [2.05, 4.69) is 16.0 Å². The van der Waals surface area contributed by atoms with Gasteiger partial charge in [0.25, 0.3) is 11.6 Å². The molecule has 3 N–H and O–H groups in total. The van der Waals surface area contributed by atoms with E-state index < -0.39 is 28.4 Å². The van der Waals surface area contributed by atoms with Gasteiger partial charge >= 0.3 is 12.2 Å². The Morgan fingerprint density at radius 3 is 2.52 bits per heavy atom. The molecule has 0 unspecified atom stereocenters. The number of amides is 3. The molecular formula is C20H22F3N5O5. The number of nitrogens with zero attached hydrogens (tertiary/aromatic N) is 2. The Morgan fingerprint density at radius 1 is 1.18 bits per heavy atom. The number of alkyl halides is 3. The number of hydrogen-bond donors (Lipinski definition) is 3. The molecule has 33 heavy (non-hydrogen) atoms. The lowest BCUT2D eigenvalue weighted by atomic mass is 10.1. The minimum atomic E-state index is -4.69. The summed E-state index contributed by atoms with van der Waals surface area (Å²) in [6.07, 6.45) is -2.13. The van der Waals surface area contributed by atoms with E-state index >= 15 is 0 Å². The smallest absolute Gasteiger partial charge is 0.416 e. The van der Waals surface area contributed by atoms with E-state index in [4.69, 9.17) is 4.42 Å². The molecule has 0 saturated carbocycles. The minimum Gasteiger partial charge on any atom is -0.459 e. The predicted octanol–water partition coefficient (Wildman–Crippen LogP) is 3.22. The molecule has 13 heteroatoms. The third-order valence-electron chi connectivity index (χ3n) is 5.10. The standard InChI is InChI=1S/C20H22F3N5O5/c21-20(22,23)13-3-4-15(16(12-13)28(31)32)24-7-8-25-19(30)26-14-5-9-27(10-6-14)18(29)17-2-1-11-33-17/h1-4,11-12,14,24H,5-10H2,(H2,25,26,30). The van der Waals surface area contributed by atoms with E-state index in [1.54, 1.807) is 17.0 Å². The van der Waals surface area contributed by atoms with Gasteiger partial charge in [-0.25, -0.2) is 4.79 Å².